The van der Waals surface area contributed by atoms with E-state index in [-0.39, 0.29) is 6.10 Å². The van der Waals surface area contributed by atoms with Gasteiger partial charge in [-0.2, -0.15) is 15.0 Å². The number of hydrogen-bond acceptors (Lipinski definition) is 7. The summed E-state index contributed by atoms with van der Waals surface area (Å²) in [4.78, 5) is 12.8. The number of rotatable bonds is 8. The van der Waals surface area contributed by atoms with Gasteiger partial charge in [0.25, 0.3) is 0 Å². The first kappa shape index (κ1) is 15.8. The van der Waals surface area contributed by atoms with E-state index in [0.29, 0.717) is 24.0 Å². The lowest BCUT2D eigenvalue weighted by atomic mass is 10.2. The Kier molecular flexibility index (Phi) is 5.98. The molecular weight excluding hydrogens is 270 g/mol. The molecule has 2 N–H and O–H groups in total. The van der Waals surface area contributed by atoms with Gasteiger partial charge in [0.2, 0.25) is 11.9 Å². The molecule has 0 aromatic carbocycles. The SMILES string of the molecule is CCNc1nc(NCCC2CCCO2)nc(OC(C)C)n1. The van der Waals surface area contributed by atoms with Crippen LogP contribution in [0.25, 0.3) is 0 Å². The molecule has 7 nitrogen and oxygen atoms in total. The molecule has 1 aromatic heterocycles. The van der Waals surface area contributed by atoms with Gasteiger partial charge in [-0.25, -0.2) is 0 Å². The molecule has 21 heavy (non-hydrogen) atoms. The quantitative estimate of drug-likeness (QED) is 0.759. The molecule has 0 radical (unpaired) electrons. The normalized spacial score (nSPS) is 18.0. The van der Waals surface area contributed by atoms with Crippen molar-refractivity contribution in [3.8, 4) is 6.01 Å². The summed E-state index contributed by atoms with van der Waals surface area (Å²) in [6, 6.07) is 0.343. The molecule has 2 heterocycles. The van der Waals surface area contributed by atoms with Crippen LogP contribution in [0.5, 0.6) is 6.01 Å². The van der Waals surface area contributed by atoms with Gasteiger partial charge < -0.3 is 20.1 Å². The monoisotopic (exact) mass is 295 g/mol. The van der Waals surface area contributed by atoms with Crippen LogP contribution in [0, 0.1) is 0 Å². The van der Waals surface area contributed by atoms with E-state index in [2.05, 4.69) is 25.6 Å². The summed E-state index contributed by atoms with van der Waals surface area (Å²) < 4.78 is 11.2. The highest BCUT2D eigenvalue weighted by Crippen LogP contribution is 2.16. The van der Waals surface area contributed by atoms with Crippen molar-refractivity contribution in [2.75, 3.05) is 30.3 Å². The Hall–Kier alpha value is -1.63. The molecule has 118 valence electrons. The summed E-state index contributed by atoms with van der Waals surface area (Å²) in [5, 5.41) is 6.31. The largest absolute Gasteiger partial charge is 0.461 e. The first-order valence-corrected chi connectivity index (χ1v) is 7.69. The Morgan fingerprint density at radius 2 is 2.00 bits per heavy atom. The van der Waals surface area contributed by atoms with Crippen LogP contribution in [0.1, 0.15) is 40.0 Å². The maximum Gasteiger partial charge on any atom is 0.323 e. The predicted octanol–water partition coefficient (Wildman–Crippen LogP) is 2.07. The van der Waals surface area contributed by atoms with E-state index in [4.69, 9.17) is 9.47 Å². The van der Waals surface area contributed by atoms with Crippen molar-refractivity contribution in [1.29, 1.82) is 0 Å². The number of nitrogens with zero attached hydrogens (tertiary/aromatic N) is 3. The molecule has 2 rings (SSSR count). The molecule has 0 spiro atoms. The summed E-state index contributed by atoms with van der Waals surface area (Å²) >= 11 is 0. The van der Waals surface area contributed by atoms with Gasteiger partial charge in [0.05, 0.1) is 12.2 Å². The van der Waals surface area contributed by atoms with E-state index in [1.807, 2.05) is 20.8 Å². The van der Waals surface area contributed by atoms with Gasteiger partial charge in [0, 0.05) is 19.7 Å². The van der Waals surface area contributed by atoms with Crippen molar-refractivity contribution >= 4 is 11.9 Å². The Bertz CT molecular complexity index is 435. The lowest BCUT2D eigenvalue weighted by Crippen LogP contribution is -2.16. The van der Waals surface area contributed by atoms with Gasteiger partial charge in [0.15, 0.2) is 0 Å². The van der Waals surface area contributed by atoms with Crippen LogP contribution in [-0.4, -0.2) is 46.9 Å². The zero-order valence-electron chi connectivity index (χ0n) is 13.1. The molecule has 1 unspecified atom stereocenters. The minimum atomic E-state index is 0.0293. The van der Waals surface area contributed by atoms with Crippen LogP contribution in [-0.2, 0) is 4.74 Å². The lowest BCUT2D eigenvalue weighted by Gasteiger charge is -2.13. The van der Waals surface area contributed by atoms with Crippen LogP contribution in [0.15, 0.2) is 0 Å². The van der Waals surface area contributed by atoms with Crippen molar-refractivity contribution < 1.29 is 9.47 Å². The number of anilines is 2. The number of nitrogens with one attached hydrogen (secondary N) is 2. The van der Waals surface area contributed by atoms with E-state index >= 15 is 0 Å². The molecule has 0 amide bonds. The van der Waals surface area contributed by atoms with Crippen molar-refractivity contribution in [2.45, 2.75) is 52.2 Å². The Morgan fingerprint density at radius 3 is 2.62 bits per heavy atom. The van der Waals surface area contributed by atoms with Crippen LogP contribution >= 0.6 is 0 Å². The third-order valence-electron chi connectivity index (χ3n) is 3.06. The molecule has 0 saturated carbocycles. The summed E-state index contributed by atoms with van der Waals surface area (Å²) in [6.07, 6.45) is 3.65. The van der Waals surface area contributed by atoms with Gasteiger partial charge in [-0.15, -0.1) is 0 Å². The minimum Gasteiger partial charge on any atom is -0.461 e. The third kappa shape index (κ3) is 5.34. The number of aromatic nitrogens is 3. The molecule has 1 aromatic rings. The third-order valence-corrected chi connectivity index (χ3v) is 3.06. The molecule has 0 bridgehead atoms. The second-order valence-electron chi connectivity index (χ2n) is 5.31. The number of ether oxygens (including phenoxy) is 2. The van der Waals surface area contributed by atoms with E-state index < -0.39 is 0 Å². The average Bonchev–Trinajstić information content (AvgIpc) is 2.91. The summed E-state index contributed by atoms with van der Waals surface area (Å²) in [6.45, 7) is 8.30. The van der Waals surface area contributed by atoms with Gasteiger partial charge in [0.1, 0.15) is 0 Å². The molecule has 1 aliphatic rings. The highest BCUT2D eigenvalue weighted by Gasteiger charge is 2.15. The van der Waals surface area contributed by atoms with Gasteiger partial charge >= 0.3 is 6.01 Å². The van der Waals surface area contributed by atoms with E-state index in [1.54, 1.807) is 0 Å². The van der Waals surface area contributed by atoms with Crippen molar-refractivity contribution in [2.24, 2.45) is 0 Å². The Balaban J connectivity index is 1.93. The standard InChI is InChI=1S/C14H25N5O2/c1-4-15-12-17-13(19-14(18-12)21-10(2)3)16-8-7-11-6-5-9-20-11/h10-11H,4-9H2,1-3H3,(H2,15,16,17,18,19). The first-order chi connectivity index (χ1) is 10.2. The lowest BCUT2D eigenvalue weighted by molar-refractivity contribution is 0.107. The van der Waals surface area contributed by atoms with Crippen molar-refractivity contribution in [3.05, 3.63) is 0 Å². The van der Waals surface area contributed by atoms with Gasteiger partial charge in [-0.05, 0) is 40.0 Å². The fraction of sp³-hybridized carbons (Fsp3) is 0.786. The highest BCUT2D eigenvalue weighted by molar-refractivity contribution is 5.35. The second kappa shape index (κ2) is 7.97. The highest BCUT2D eigenvalue weighted by atomic mass is 16.5. The van der Waals surface area contributed by atoms with E-state index in [1.165, 1.54) is 0 Å². The maximum atomic E-state index is 5.60. The Labute approximate surface area is 125 Å². The van der Waals surface area contributed by atoms with Crippen LogP contribution in [0.3, 0.4) is 0 Å². The fourth-order valence-electron chi connectivity index (χ4n) is 2.15. The zero-order chi connectivity index (χ0) is 15.1. The smallest absolute Gasteiger partial charge is 0.323 e. The summed E-state index contributed by atoms with van der Waals surface area (Å²) in [5.74, 6) is 1.07. The topological polar surface area (TPSA) is 81.2 Å². The van der Waals surface area contributed by atoms with Crippen molar-refractivity contribution in [3.63, 3.8) is 0 Å². The van der Waals surface area contributed by atoms with Crippen LogP contribution < -0.4 is 15.4 Å². The molecule has 1 fully saturated rings. The molecule has 1 atom stereocenters. The average molecular weight is 295 g/mol. The zero-order valence-corrected chi connectivity index (χ0v) is 13.1. The van der Waals surface area contributed by atoms with E-state index in [0.717, 1.165) is 39.0 Å². The molecule has 1 saturated heterocycles. The number of hydrogen-bond donors (Lipinski definition) is 2. The maximum absolute atomic E-state index is 5.60. The fourth-order valence-corrected chi connectivity index (χ4v) is 2.15. The van der Waals surface area contributed by atoms with E-state index in [9.17, 15) is 0 Å². The van der Waals surface area contributed by atoms with Crippen molar-refractivity contribution in [1.82, 2.24) is 15.0 Å². The minimum absolute atomic E-state index is 0.0293. The molecule has 7 heteroatoms. The first-order valence-electron chi connectivity index (χ1n) is 7.69. The summed E-state index contributed by atoms with van der Waals surface area (Å²) in [7, 11) is 0. The van der Waals surface area contributed by atoms with Crippen LogP contribution in [0.2, 0.25) is 0 Å². The molecule has 1 aliphatic heterocycles. The summed E-state index contributed by atoms with van der Waals surface area (Å²) in [5.41, 5.74) is 0. The van der Waals surface area contributed by atoms with Crippen LogP contribution in [0.4, 0.5) is 11.9 Å². The second-order valence-corrected chi connectivity index (χ2v) is 5.31. The Morgan fingerprint density at radius 1 is 1.24 bits per heavy atom. The van der Waals surface area contributed by atoms with Gasteiger partial charge in [-0.3, -0.25) is 0 Å². The molecule has 0 aliphatic carbocycles. The predicted molar refractivity (Wildman–Crippen MR) is 81.8 cm³/mol. The molecular formula is C14H25N5O2. The van der Waals surface area contributed by atoms with Gasteiger partial charge in [-0.1, -0.05) is 0 Å².